The number of carbonyl (C=O) groups is 1. The molecule has 5 nitrogen and oxygen atoms in total. The van der Waals surface area contributed by atoms with Crippen molar-refractivity contribution >= 4 is 16.8 Å². The number of nitrogens with one attached hydrogen (secondary N) is 2. The number of halogens is 2. The van der Waals surface area contributed by atoms with Gasteiger partial charge in [0.1, 0.15) is 0 Å². The summed E-state index contributed by atoms with van der Waals surface area (Å²) in [7, 11) is 0. The molecule has 27 heavy (non-hydrogen) atoms. The van der Waals surface area contributed by atoms with Crippen LogP contribution in [0.2, 0.25) is 0 Å². The van der Waals surface area contributed by atoms with Crippen molar-refractivity contribution in [3.63, 3.8) is 0 Å². The number of carbonyl (C=O) groups excluding carboxylic acids is 1. The zero-order valence-electron chi connectivity index (χ0n) is 14.8. The molecule has 0 aliphatic carbocycles. The first-order valence-corrected chi connectivity index (χ1v) is 9.06. The number of nitrogens with zero attached hydrogens (tertiary/aromatic N) is 2. The summed E-state index contributed by atoms with van der Waals surface area (Å²) in [5, 5.41) is 10.4. The van der Waals surface area contributed by atoms with E-state index in [0.29, 0.717) is 23.0 Å². The fourth-order valence-corrected chi connectivity index (χ4v) is 3.50. The highest BCUT2D eigenvalue weighted by molar-refractivity contribution is 6.05. The van der Waals surface area contributed by atoms with E-state index in [1.165, 1.54) is 25.0 Å². The molecule has 0 bridgehead atoms. The molecule has 0 spiro atoms. The summed E-state index contributed by atoms with van der Waals surface area (Å²) in [6.45, 7) is 3.51. The average Bonchev–Trinajstić information content (AvgIpc) is 3.33. The molecule has 0 radical (unpaired) electrons. The number of likely N-dealkylation sites (tertiary alicyclic amines) is 1. The summed E-state index contributed by atoms with van der Waals surface area (Å²) in [4.78, 5) is 14.8. The highest BCUT2D eigenvalue weighted by atomic mass is 19.2. The predicted octanol–water partition coefficient (Wildman–Crippen LogP) is 3.33. The molecule has 3 aromatic rings. The van der Waals surface area contributed by atoms with Crippen LogP contribution in [-0.4, -0.2) is 47.2 Å². The van der Waals surface area contributed by atoms with Crippen molar-refractivity contribution in [1.29, 1.82) is 0 Å². The lowest BCUT2D eigenvalue weighted by atomic mass is 10.0. The molecule has 2 heterocycles. The number of H-pyrrole nitrogens is 1. The van der Waals surface area contributed by atoms with Gasteiger partial charge in [0, 0.05) is 24.0 Å². The van der Waals surface area contributed by atoms with E-state index in [4.69, 9.17) is 0 Å². The van der Waals surface area contributed by atoms with Crippen molar-refractivity contribution < 1.29 is 13.6 Å². The molecule has 1 aliphatic rings. The van der Waals surface area contributed by atoms with Gasteiger partial charge >= 0.3 is 0 Å². The van der Waals surface area contributed by atoms with Crippen LogP contribution in [0.15, 0.2) is 36.4 Å². The Morgan fingerprint density at radius 3 is 2.81 bits per heavy atom. The largest absolute Gasteiger partial charge is 0.349 e. The molecule has 140 valence electrons. The number of amides is 1. The molecule has 1 amide bonds. The first-order valence-electron chi connectivity index (χ1n) is 9.06. The second-order valence-electron chi connectivity index (χ2n) is 6.74. The highest BCUT2D eigenvalue weighted by Crippen LogP contribution is 2.28. The molecule has 1 saturated heterocycles. The standard InChI is InChI=1S/C20H20F2N4O/c21-16-5-3-4-14(18(16)22)13-6-7-17-15(12-13)19(25-24-17)20(27)23-8-11-26-9-1-2-10-26/h3-7,12H,1-2,8-11H2,(H,23,27)(H,24,25). The molecular weight excluding hydrogens is 350 g/mol. The third-order valence-corrected chi connectivity index (χ3v) is 4.95. The van der Waals surface area contributed by atoms with E-state index < -0.39 is 11.6 Å². The van der Waals surface area contributed by atoms with Crippen LogP contribution in [0.5, 0.6) is 0 Å². The number of rotatable bonds is 5. The van der Waals surface area contributed by atoms with Crippen LogP contribution in [0.4, 0.5) is 8.78 Å². The van der Waals surface area contributed by atoms with Crippen LogP contribution in [-0.2, 0) is 0 Å². The Balaban J connectivity index is 1.56. The monoisotopic (exact) mass is 370 g/mol. The van der Waals surface area contributed by atoms with Gasteiger partial charge in [0.15, 0.2) is 17.3 Å². The van der Waals surface area contributed by atoms with E-state index in [1.807, 2.05) is 0 Å². The molecule has 1 aromatic heterocycles. The number of benzene rings is 2. The van der Waals surface area contributed by atoms with Crippen molar-refractivity contribution in [1.82, 2.24) is 20.4 Å². The van der Waals surface area contributed by atoms with Crippen molar-refractivity contribution in [2.24, 2.45) is 0 Å². The number of aromatic amines is 1. The van der Waals surface area contributed by atoms with E-state index in [1.54, 1.807) is 18.2 Å². The molecular formula is C20H20F2N4O. The second kappa shape index (κ2) is 7.44. The summed E-state index contributed by atoms with van der Waals surface area (Å²) in [6.07, 6.45) is 2.41. The first kappa shape index (κ1) is 17.6. The van der Waals surface area contributed by atoms with Gasteiger partial charge in [0.05, 0.1) is 5.52 Å². The van der Waals surface area contributed by atoms with Gasteiger partial charge in [0.2, 0.25) is 0 Å². The van der Waals surface area contributed by atoms with Crippen molar-refractivity contribution in [2.45, 2.75) is 12.8 Å². The maximum atomic E-state index is 14.1. The summed E-state index contributed by atoms with van der Waals surface area (Å²) >= 11 is 0. The highest BCUT2D eigenvalue weighted by Gasteiger charge is 2.17. The van der Waals surface area contributed by atoms with Gasteiger partial charge < -0.3 is 10.2 Å². The molecule has 0 unspecified atom stereocenters. The summed E-state index contributed by atoms with van der Waals surface area (Å²) in [5.41, 5.74) is 1.57. The first-order chi connectivity index (χ1) is 13.1. The minimum absolute atomic E-state index is 0.151. The van der Waals surface area contributed by atoms with E-state index in [9.17, 15) is 13.6 Å². The molecule has 1 aliphatic heterocycles. The number of hydrogen-bond acceptors (Lipinski definition) is 3. The fourth-order valence-electron chi connectivity index (χ4n) is 3.50. The van der Waals surface area contributed by atoms with Gasteiger partial charge in [-0.05, 0) is 49.7 Å². The number of fused-ring (bicyclic) bond motifs is 1. The van der Waals surface area contributed by atoms with Gasteiger partial charge in [-0.1, -0.05) is 18.2 Å². The maximum absolute atomic E-state index is 14.1. The zero-order valence-corrected chi connectivity index (χ0v) is 14.8. The Morgan fingerprint density at radius 1 is 1.19 bits per heavy atom. The summed E-state index contributed by atoms with van der Waals surface area (Å²) in [6, 6.07) is 9.09. The van der Waals surface area contributed by atoms with Crippen molar-refractivity contribution in [3.8, 4) is 11.1 Å². The summed E-state index contributed by atoms with van der Waals surface area (Å²) < 4.78 is 27.6. The lowest BCUT2D eigenvalue weighted by molar-refractivity contribution is 0.0946. The van der Waals surface area contributed by atoms with Crippen LogP contribution >= 0.6 is 0 Å². The molecule has 2 aromatic carbocycles. The van der Waals surface area contributed by atoms with Gasteiger partial charge in [0.25, 0.3) is 5.91 Å². The predicted molar refractivity (Wildman–Crippen MR) is 99.5 cm³/mol. The SMILES string of the molecule is O=C(NCCN1CCCC1)c1n[nH]c2ccc(-c3cccc(F)c3F)cc12. The third-order valence-electron chi connectivity index (χ3n) is 4.95. The molecule has 0 saturated carbocycles. The van der Waals surface area contributed by atoms with Crippen LogP contribution in [0.1, 0.15) is 23.3 Å². The molecule has 1 fully saturated rings. The number of aromatic nitrogens is 2. The lowest BCUT2D eigenvalue weighted by Gasteiger charge is -2.14. The molecule has 2 N–H and O–H groups in total. The van der Waals surface area contributed by atoms with Gasteiger partial charge in [-0.25, -0.2) is 8.78 Å². The van der Waals surface area contributed by atoms with Crippen LogP contribution in [0, 0.1) is 11.6 Å². The number of hydrogen-bond donors (Lipinski definition) is 2. The Hall–Kier alpha value is -2.80. The van der Waals surface area contributed by atoms with Gasteiger partial charge in [-0.2, -0.15) is 5.10 Å². The minimum Gasteiger partial charge on any atom is -0.349 e. The van der Waals surface area contributed by atoms with Crippen molar-refractivity contribution in [2.75, 3.05) is 26.2 Å². The smallest absolute Gasteiger partial charge is 0.272 e. The Bertz CT molecular complexity index is 979. The van der Waals surface area contributed by atoms with Crippen molar-refractivity contribution in [3.05, 3.63) is 53.7 Å². The molecule has 4 rings (SSSR count). The van der Waals surface area contributed by atoms with Crippen LogP contribution < -0.4 is 5.32 Å². The topological polar surface area (TPSA) is 61.0 Å². The Kier molecular flexibility index (Phi) is 4.85. The minimum atomic E-state index is -0.906. The van der Waals surface area contributed by atoms with Crippen LogP contribution in [0.25, 0.3) is 22.0 Å². The Labute approximate surface area is 155 Å². The zero-order chi connectivity index (χ0) is 18.8. The van der Waals surface area contributed by atoms with E-state index in [2.05, 4.69) is 20.4 Å². The second-order valence-corrected chi connectivity index (χ2v) is 6.74. The Morgan fingerprint density at radius 2 is 2.00 bits per heavy atom. The lowest BCUT2D eigenvalue weighted by Crippen LogP contribution is -2.33. The van der Waals surface area contributed by atoms with E-state index in [-0.39, 0.29) is 17.2 Å². The van der Waals surface area contributed by atoms with Gasteiger partial charge in [-0.3, -0.25) is 9.89 Å². The van der Waals surface area contributed by atoms with Crippen LogP contribution in [0.3, 0.4) is 0 Å². The average molecular weight is 370 g/mol. The normalized spacial score (nSPS) is 14.7. The van der Waals surface area contributed by atoms with E-state index in [0.717, 1.165) is 25.7 Å². The van der Waals surface area contributed by atoms with E-state index >= 15 is 0 Å². The quantitative estimate of drug-likeness (QED) is 0.724. The fraction of sp³-hybridized carbons (Fsp3) is 0.300. The molecule has 0 atom stereocenters. The third kappa shape index (κ3) is 3.55. The van der Waals surface area contributed by atoms with Gasteiger partial charge in [-0.15, -0.1) is 0 Å². The molecule has 7 heteroatoms. The summed E-state index contributed by atoms with van der Waals surface area (Å²) in [5.74, 6) is -2.09. The maximum Gasteiger partial charge on any atom is 0.272 e.